The van der Waals surface area contributed by atoms with E-state index in [0.717, 1.165) is 32.3 Å². The van der Waals surface area contributed by atoms with Crippen LogP contribution in [0.25, 0.3) is 43.1 Å². The number of carbonyl (C=O) groups is 2. The Morgan fingerprint density at radius 3 is 1.25 bits per heavy atom. The highest BCUT2D eigenvalue weighted by Gasteiger charge is 2.23. The number of esters is 2. The van der Waals surface area contributed by atoms with Crippen molar-refractivity contribution in [2.45, 2.75) is 27.7 Å². The zero-order valence-corrected chi connectivity index (χ0v) is 22.1. The van der Waals surface area contributed by atoms with Crippen molar-refractivity contribution in [1.29, 1.82) is 0 Å². The number of carbonyl (C=O) groups excluding carboxylic acids is 2. The molecule has 0 atom stereocenters. The third kappa shape index (κ3) is 4.03. The van der Waals surface area contributed by atoms with E-state index in [0.29, 0.717) is 45.2 Å². The van der Waals surface area contributed by atoms with Gasteiger partial charge in [-0.25, -0.2) is 9.59 Å². The minimum Gasteiger partial charge on any atom is -0.462 e. The van der Waals surface area contributed by atoms with E-state index in [-0.39, 0.29) is 11.8 Å². The second-order valence-electron chi connectivity index (χ2n) is 10.00. The van der Waals surface area contributed by atoms with Crippen molar-refractivity contribution in [3.05, 3.63) is 69.7 Å². The molecule has 5 rings (SSSR count). The summed E-state index contributed by atoms with van der Waals surface area (Å²) in [6.07, 6.45) is 0. The highest BCUT2D eigenvalue weighted by Crippen LogP contribution is 2.45. The summed E-state index contributed by atoms with van der Waals surface area (Å²) in [4.78, 5) is 26.0. The van der Waals surface area contributed by atoms with Crippen LogP contribution in [0.1, 0.15) is 48.4 Å². The normalized spacial score (nSPS) is 12.0. The summed E-state index contributed by atoms with van der Waals surface area (Å²) in [5.41, 5.74) is 0.868. The maximum absolute atomic E-state index is 13.0. The SMILES string of the molecule is CC(C)COC(=O)c1ccc2c3ccc(Cl)c4c(C(=O)OCC(C)C)ccc(c5ccc(Cl)c1c52)c43. The summed E-state index contributed by atoms with van der Waals surface area (Å²) in [6.45, 7) is 8.63. The molecule has 36 heavy (non-hydrogen) atoms. The first kappa shape index (κ1) is 24.6. The van der Waals surface area contributed by atoms with Crippen molar-refractivity contribution in [1.82, 2.24) is 0 Å². The van der Waals surface area contributed by atoms with E-state index in [1.807, 2.05) is 52.0 Å². The van der Waals surface area contributed by atoms with Gasteiger partial charge in [-0.3, -0.25) is 0 Å². The van der Waals surface area contributed by atoms with Gasteiger partial charge in [0.15, 0.2) is 0 Å². The molecule has 5 aromatic carbocycles. The lowest BCUT2D eigenvalue weighted by Gasteiger charge is -2.19. The molecule has 4 nitrogen and oxygen atoms in total. The summed E-state index contributed by atoms with van der Waals surface area (Å²) in [5.74, 6) is -0.352. The Balaban J connectivity index is 1.83. The molecule has 0 bridgehead atoms. The molecule has 0 amide bonds. The average Bonchev–Trinajstić information content (AvgIpc) is 2.85. The van der Waals surface area contributed by atoms with Crippen molar-refractivity contribution >= 4 is 78.2 Å². The van der Waals surface area contributed by atoms with Crippen molar-refractivity contribution in [2.75, 3.05) is 13.2 Å². The summed E-state index contributed by atoms with van der Waals surface area (Å²) in [5, 5.41) is 7.73. The van der Waals surface area contributed by atoms with E-state index in [1.165, 1.54) is 0 Å². The Kier molecular flexibility index (Phi) is 6.44. The van der Waals surface area contributed by atoms with Crippen LogP contribution in [-0.4, -0.2) is 25.2 Å². The third-order valence-electron chi connectivity index (χ3n) is 6.34. The van der Waals surface area contributed by atoms with Gasteiger partial charge in [-0.2, -0.15) is 0 Å². The summed E-state index contributed by atoms with van der Waals surface area (Å²) in [6, 6.07) is 14.9. The third-order valence-corrected chi connectivity index (χ3v) is 6.97. The number of fused-ring (bicyclic) bond motifs is 2. The molecule has 0 aliphatic carbocycles. The van der Waals surface area contributed by atoms with E-state index in [1.54, 1.807) is 24.3 Å². The average molecular weight is 521 g/mol. The molecule has 184 valence electrons. The molecule has 0 heterocycles. The summed E-state index contributed by atoms with van der Waals surface area (Å²) < 4.78 is 11.1. The van der Waals surface area contributed by atoms with Crippen LogP contribution in [0, 0.1) is 11.8 Å². The second kappa shape index (κ2) is 9.42. The maximum Gasteiger partial charge on any atom is 0.338 e. The molecular formula is C30H26Cl2O4. The molecule has 0 N–H and O–H groups in total. The van der Waals surface area contributed by atoms with Gasteiger partial charge < -0.3 is 9.47 Å². The van der Waals surface area contributed by atoms with Crippen LogP contribution >= 0.6 is 23.2 Å². The minimum atomic E-state index is -0.399. The van der Waals surface area contributed by atoms with E-state index in [4.69, 9.17) is 32.7 Å². The Bertz CT molecular complexity index is 1510. The smallest absolute Gasteiger partial charge is 0.338 e. The Labute approximate surface area is 219 Å². The van der Waals surface area contributed by atoms with Gasteiger partial charge >= 0.3 is 11.9 Å². The monoisotopic (exact) mass is 520 g/mol. The lowest BCUT2D eigenvalue weighted by atomic mass is 9.87. The molecule has 6 heteroatoms. The molecular weight excluding hydrogens is 495 g/mol. The highest BCUT2D eigenvalue weighted by molar-refractivity contribution is 6.45. The molecule has 0 radical (unpaired) electrons. The minimum absolute atomic E-state index is 0.222. The predicted molar refractivity (Wildman–Crippen MR) is 148 cm³/mol. The van der Waals surface area contributed by atoms with Gasteiger partial charge in [-0.05, 0) is 68.4 Å². The highest BCUT2D eigenvalue weighted by atomic mass is 35.5. The molecule has 0 fully saturated rings. The Hall–Kier alpha value is -3.08. The molecule has 0 saturated heterocycles. The van der Waals surface area contributed by atoms with Gasteiger partial charge in [-0.15, -0.1) is 0 Å². The van der Waals surface area contributed by atoms with Crippen molar-refractivity contribution < 1.29 is 19.1 Å². The Morgan fingerprint density at radius 2 is 0.917 bits per heavy atom. The van der Waals surface area contributed by atoms with Crippen LogP contribution in [0.5, 0.6) is 0 Å². The molecule has 0 aliphatic rings. The molecule has 0 aliphatic heterocycles. The molecule has 0 spiro atoms. The van der Waals surface area contributed by atoms with Crippen molar-refractivity contribution in [3.8, 4) is 0 Å². The molecule has 0 aromatic heterocycles. The predicted octanol–water partition coefficient (Wildman–Crippen LogP) is 8.67. The van der Waals surface area contributed by atoms with Crippen LogP contribution in [-0.2, 0) is 9.47 Å². The van der Waals surface area contributed by atoms with E-state index < -0.39 is 11.9 Å². The standard InChI is InChI=1S/C30H26Cl2O4/c1-15(2)13-35-29(33)21-7-5-17-20-10-12-24(32)28-22(30(34)36-14-16(3)4)8-6-18(26(20)28)19-9-11-23(31)27(21)25(17)19/h5-12,15-16H,13-14H2,1-4H3. The van der Waals surface area contributed by atoms with Crippen LogP contribution in [0.2, 0.25) is 10.0 Å². The van der Waals surface area contributed by atoms with Gasteiger partial charge in [0.05, 0.1) is 24.3 Å². The van der Waals surface area contributed by atoms with E-state index >= 15 is 0 Å². The number of ether oxygens (including phenoxy) is 2. The zero-order chi connectivity index (χ0) is 25.7. The number of rotatable bonds is 6. The molecule has 5 aromatic rings. The largest absolute Gasteiger partial charge is 0.462 e. The number of hydrogen-bond donors (Lipinski definition) is 0. The van der Waals surface area contributed by atoms with Crippen LogP contribution in [0.3, 0.4) is 0 Å². The van der Waals surface area contributed by atoms with Gasteiger partial charge in [-0.1, -0.05) is 75.2 Å². The lowest BCUT2D eigenvalue weighted by Crippen LogP contribution is -2.11. The lowest BCUT2D eigenvalue weighted by molar-refractivity contribution is 0.0453. The summed E-state index contributed by atoms with van der Waals surface area (Å²) >= 11 is 13.4. The Morgan fingerprint density at radius 1 is 0.583 bits per heavy atom. The topological polar surface area (TPSA) is 52.6 Å². The van der Waals surface area contributed by atoms with Gasteiger partial charge in [0.2, 0.25) is 0 Å². The second-order valence-corrected chi connectivity index (χ2v) is 10.8. The van der Waals surface area contributed by atoms with Crippen LogP contribution in [0.4, 0.5) is 0 Å². The first-order valence-electron chi connectivity index (χ1n) is 12.0. The molecule has 0 saturated carbocycles. The number of halogens is 2. The fourth-order valence-corrected chi connectivity index (χ4v) is 5.30. The maximum atomic E-state index is 13.0. The van der Waals surface area contributed by atoms with E-state index in [2.05, 4.69) is 0 Å². The molecule has 0 unspecified atom stereocenters. The van der Waals surface area contributed by atoms with E-state index in [9.17, 15) is 9.59 Å². The summed E-state index contributed by atoms with van der Waals surface area (Å²) in [7, 11) is 0. The number of hydrogen-bond acceptors (Lipinski definition) is 4. The fraction of sp³-hybridized carbons (Fsp3) is 0.267. The zero-order valence-electron chi connectivity index (χ0n) is 20.6. The van der Waals surface area contributed by atoms with Crippen LogP contribution < -0.4 is 0 Å². The fourth-order valence-electron chi connectivity index (χ4n) is 4.79. The van der Waals surface area contributed by atoms with Gasteiger partial charge in [0, 0.05) is 20.8 Å². The number of benzene rings is 5. The van der Waals surface area contributed by atoms with Crippen LogP contribution in [0.15, 0.2) is 48.5 Å². The van der Waals surface area contributed by atoms with Crippen molar-refractivity contribution in [2.24, 2.45) is 11.8 Å². The first-order valence-corrected chi connectivity index (χ1v) is 12.8. The van der Waals surface area contributed by atoms with Crippen molar-refractivity contribution in [3.63, 3.8) is 0 Å². The van der Waals surface area contributed by atoms with Gasteiger partial charge in [0.1, 0.15) is 0 Å². The first-order chi connectivity index (χ1) is 17.2. The van der Waals surface area contributed by atoms with Gasteiger partial charge in [0.25, 0.3) is 0 Å². The quantitative estimate of drug-likeness (QED) is 0.127.